The molecule has 4 nitrogen and oxygen atoms in total. The fourth-order valence-corrected chi connectivity index (χ4v) is 1.93. The number of hydrogen-bond donors (Lipinski definition) is 2. The quantitative estimate of drug-likeness (QED) is 0.835. The highest BCUT2D eigenvalue weighted by atomic mass is 16.4. The molecular weight excluding hydrogens is 242 g/mol. The summed E-state index contributed by atoms with van der Waals surface area (Å²) in [5, 5.41) is 12.2. The first-order valence-corrected chi connectivity index (χ1v) is 6.08. The second kappa shape index (κ2) is 6.11. The Bertz CT molecular complexity index is 503. The number of carbonyl (C=O) groups excluding carboxylic acids is 1. The van der Waals surface area contributed by atoms with E-state index in [4.69, 9.17) is 0 Å². The average molecular weight is 257 g/mol. The molecule has 0 bridgehead atoms. The van der Waals surface area contributed by atoms with Gasteiger partial charge >= 0.3 is 5.97 Å². The van der Waals surface area contributed by atoms with Crippen LogP contribution in [0.25, 0.3) is 0 Å². The Morgan fingerprint density at radius 3 is 2.42 bits per heavy atom. The van der Waals surface area contributed by atoms with E-state index in [9.17, 15) is 14.7 Å². The van der Waals surface area contributed by atoms with Crippen LogP contribution in [0.15, 0.2) is 54.6 Å². The minimum Gasteiger partial charge on any atom is -0.480 e. The molecule has 1 aliphatic carbocycles. The molecule has 0 saturated carbocycles. The number of rotatable bonds is 5. The monoisotopic (exact) mass is 257 g/mol. The van der Waals surface area contributed by atoms with Gasteiger partial charge in [-0.15, -0.1) is 0 Å². The Kier molecular flexibility index (Phi) is 4.26. The number of carbonyl (C=O) groups is 2. The molecule has 0 heterocycles. The van der Waals surface area contributed by atoms with Gasteiger partial charge in [-0.3, -0.25) is 14.9 Å². The van der Waals surface area contributed by atoms with Gasteiger partial charge in [0.1, 0.15) is 6.04 Å². The summed E-state index contributed by atoms with van der Waals surface area (Å²) in [5.74, 6) is -0.976. The molecule has 0 amide bonds. The van der Waals surface area contributed by atoms with Crippen molar-refractivity contribution >= 4 is 11.8 Å². The minimum absolute atomic E-state index is 0.0759. The second-order valence-electron chi connectivity index (χ2n) is 4.39. The van der Waals surface area contributed by atoms with Crippen molar-refractivity contribution in [1.82, 2.24) is 5.32 Å². The Labute approximate surface area is 111 Å². The Morgan fingerprint density at radius 1 is 1.21 bits per heavy atom. The fraction of sp³-hybridized carbons (Fsp3) is 0.200. The fourth-order valence-electron chi connectivity index (χ4n) is 1.93. The van der Waals surface area contributed by atoms with Crippen LogP contribution in [0, 0.1) is 0 Å². The maximum Gasteiger partial charge on any atom is 0.321 e. The van der Waals surface area contributed by atoms with Crippen LogP contribution in [-0.2, 0) is 16.0 Å². The molecule has 0 aliphatic heterocycles. The summed E-state index contributed by atoms with van der Waals surface area (Å²) in [4.78, 5) is 22.3. The molecule has 98 valence electrons. The number of aliphatic carboxylic acids is 1. The molecular formula is C15H15NO3. The summed E-state index contributed by atoms with van der Waals surface area (Å²) in [6.45, 7) is 0. The van der Waals surface area contributed by atoms with E-state index in [1.807, 2.05) is 30.3 Å². The third-order valence-electron chi connectivity index (χ3n) is 2.91. The molecule has 0 fully saturated rings. The maximum absolute atomic E-state index is 11.3. The third-order valence-corrected chi connectivity index (χ3v) is 2.91. The van der Waals surface area contributed by atoms with Crippen molar-refractivity contribution in [3.05, 3.63) is 60.2 Å². The van der Waals surface area contributed by atoms with E-state index < -0.39 is 12.0 Å². The number of hydrogen-bond acceptors (Lipinski definition) is 3. The second-order valence-corrected chi connectivity index (χ2v) is 4.39. The zero-order chi connectivity index (χ0) is 13.7. The first-order valence-electron chi connectivity index (χ1n) is 6.08. The molecule has 0 spiro atoms. The highest BCUT2D eigenvalue weighted by Crippen LogP contribution is 2.06. The zero-order valence-corrected chi connectivity index (χ0v) is 10.3. The number of benzene rings is 1. The average Bonchev–Trinajstić information content (AvgIpc) is 2.41. The topological polar surface area (TPSA) is 66.4 Å². The number of carboxylic acid groups (broad SMARTS) is 1. The van der Waals surface area contributed by atoms with Crippen LogP contribution in [0.4, 0.5) is 0 Å². The normalized spacial score (nSPS) is 16.5. The molecule has 2 rings (SSSR count). The van der Waals surface area contributed by atoms with Gasteiger partial charge in [0, 0.05) is 6.04 Å². The molecule has 0 radical (unpaired) electrons. The lowest BCUT2D eigenvalue weighted by molar-refractivity contribution is -0.139. The van der Waals surface area contributed by atoms with Crippen LogP contribution in [0.5, 0.6) is 0 Å². The molecule has 1 atom stereocenters. The summed E-state index contributed by atoms with van der Waals surface area (Å²) < 4.78 is 0. The van der Waals surface area contributed by atoms with Crippen LogP contribution in [0.2, 0.25) is 0 Å². The van der Waals surface area contributed by atoms with E-state index in [-0.39, 0.29) is 11.8 Å². The SMILES string of the molecule is O=C1C=CC(NC(Cc2ccccc2)C(=O)O)C=C1. The van der Waals surface area contributed by atoms with E-state index >= 15 is 0 Å². The van der Waals surface area contributed by atoms with Crippen molar-refractivity contribution in [3.63, 3.8) is 0 Å². The van der Waals surface area contributed by atoms with E-state index in [1.165, 1.54) is 12.2 Å². The molecule has 1 aliphatic rings. The molecule has 4 heteroatoms. The highest BCUT2D eigenvalue weighted by molar-refractivity contribution is 6.00. The van der Waals surface area contributed by atoms with Crippen LogP contribution in [0.3, 0.4) is 0 Å². The Hall–Kier alpha value is -2.20. The molecule has 1 unspecified atom stereocenters. The van der Waals surface area contributed by atoms with Crippen molar-refractivity contribution in [2.45, 2.75) is 18.5 Å². The molecule has 1 aromatic rings. The van der Waals surface area contributed by atoms with Crippen LogP contribution in [-0.4, -0.2) is 28.9 Å². The number of nitrogens with one attached hydrogen (secondary N) is 1. The smallest absolute Gasteiger partial charge is 0.321 e. The van der Waals surface area contributed by atoms with Gasteiger partial charge in [-0.25, -0.2) is 0 Å². The zero-order valence-electron chi connectivity index (χ0n) is 10.3. The lowest BCUT2D eigenvalue weighted by Crippen LogP contribution is -2.43. The first kappa shape index (κ1) is 13.2. The van der Waals surface area contributed by atoms with Gasteiger partial charge < -0.3 is 5.11 Å². The van der Waals surface area contributed by atoms with Crippen molar-refractivity contribution < 1.29 is 14.7 Å². The summed E-state index contributed by atoms with van der Waals surface area (Å²) in [5.41, 5.74) is 0.960. The van der Waals surface area contributed by atoms with Gasteiger partial charge in [0.05, 0.1) is 0 Å². The molecule has 0 saturated heterocycles. The van der Waals surface area contributed by atoms with Crippen LogP contribution in [0.1, 0.15) is 5.56 Å². The predicted octanol–water partition coefficient (Wildman–Crippen LogP) is 1.34. The van der Waals surface area contributed by atoms with Crippen molar-refractivity contribution in [2.24, 2.45) is 0 Å². The van der Waals surface area contributed by atoms with E-state index in [0.717, 1.165) is 5.56 Å². The van der Waals surface area contributed by atoms with Crippen LogP contribution < -0.4 is 5.32 Å². The lowest BCUT2D eigenvalue weighted by Gasteiger charge is -2.19. The number of allylic oxidation sites excluding steroid dienone is 2. The molecule has 1 aromatic carbocycles. The van der Waals surface area contributed by atoms with E-state index in [2.05, 4.69) is 5.32 Å². The van der Waals surface area contributed by atoms with E-state index in [0.29, 0.717) is 6.42 Å². The summed E-state index contributed by atoms with van der Waals surface area (Å²) in [7, 11) is 0. The van der Waals surface area contributed by atoms with Crippen molar-refractivity contribution in [3.8, 4) is 0 Å². The van der Waals surface area contributed by atoms with Gasteiger partial charge in [-0.2, -0.15) is 0 Å². The molecule has 0 aromatic heterocycles. The largest absolute Gasteiger partial charge is 0.480 e. The Balaban J connectivity index is 2.01. The standard InChI is InChI=1S/C15H15NO3/c17-13-8-6-12(7-9-13)16-14(15(18)19)10-11-4-2-1-3-5-11/h1-9,12,14,16H,10H2,(H,18,19). The van der Waals surface area contributed by atoms with Gasteiger partial charge in [-0.05, 0) is 24.1 Å². The van der Waals surface area contributed by atoms with Crippen molar-refractivity contribution in [1.29, 1.82) is 0 Å². The minimum atomic E-state index is -0.900. The summed E-state index contributed by atoms with van der Waals surface area (Å²) >= 11 is 0. The van der Waals surface area contributed by atoms with E-state index in [1.54, 1.807) is 12.2 Å². The highest BCUT2D eigenvalue weighted by Gasteiger charge is 2.20. The first-order chi connectivity index (χ1) is 9.15. The van der Waals surface area contributed by atoms with Gasteiger partial charge in [0.25, 0.3) is 0 Å². The van der Waals surface area contributed by atoms with Gasteiger partial charge in [-0.1, -0.05) is 42.5 Å². The molecule has 19 heavy (non-hydrogen) atoms. The Morgan fingerprint density at radius 2 is 1.84 bits per heavy atom. The predicted molar refractivity (Wildman–Crippen MR) is 71.8 cm³/mol. The van der Waals surface area contributed by atoms with Gasteiger partial charge in [0.15, 0.2) is 5.78 Å². The lowest BCUT2D eigenvalue weighted by atomic mass is 10.0. The number of carboxylic acids is 1. The maximum atomic E-state index is 11.3. The van der Waals surface area contributed by atoms with Crippen LogP contribution >= 0.6 is 0 Å². The van der Waals surface area contributed by atoms with Gasteiger partial charge in [0.2, 0.25) is 0 Å². The molecule has 2 N–H and O–H groups in total. The van der Waals surface area contributed by atoms with Crippen molar-refractivity contribution in [2.75, 3.05) is 0 Å². The summed E-state index contributed by atoms with van der Waals surface area (Å²) in [6.07, 6.45) is 6.63. The number of ketones is 1. The summed E-state index contributed by atoms with van der Waals surface area (Å²) in [6, 6.07) is 8.55. The third kappa shape index (κ3) is 3.89.